The highest BCUT2D eigenvalue weighted by Gasteiger charge is 2.45. The van der Waals surface area contributed by atoms with Crippen LogP contribution in [0.4, 0.5) is 15.8 Å². The molecule has 1 aliphatic heterocycles. The molecular weight excluding hydrogens is 395 g/mol. The van der Waals surface area contributed by atoms with Gasteiger partial charge >= 0.3 is 0 Å². The van der Waals surface area contributed by atoms with E-state index in [1.54, 1.807) is 23.3 Å². The van der Waals surface area contributed by atoms with E-state index in [0.29, 0.717) is 23.4 Å². The van der Waals surface area contributed by atoms with Crippen LogP contribution in [-0.4, -0.2) is 11.7 Å². The third-order valence-corrected chi connectivity index (χ3v) is 5.85. The van der Waals surface area contributed by atoms with Crippen LogP contribution in [0.2, 0.25) is 0 Å². The second kappa shape index (κ2) is 7.54. The standard InChI is InChI=1S/C25H21FN2O3/c1-15-13-19-23(21(29)14-15)24(22-7-4-12-31-22)28(20-6-3-2-5-18(20)27-19)25(30)16-8-10-17(26)11-9-16/h2-13,15,23-24,27H,14H2,1H3/t15-,23+,24-/m0/s1. The summed E-state index contributed by atoms with van der Waals surface area (Å²) in [5, 5.41) is 3.40. The van der Waals surface area contributed by atoms with Crippen molar-refractivity contribution in [1.29, 1.82) is 0 Å². The maximum absolute atomic E-state index is 13.8. The van der Waals surface area contributed by atoms with Gasteiger partial charge in [0.2, 0.25) is 0 Å². The minimum Gasteiger partial charge on any atom is -0.467 e. The molecule has 0 saturated carbocycles. The predicted octanol–water partition coefficient (Wildman–Crippen LogP) is 5.34. The smallest absolute Gasteiger partial charge is 0.259 e. The van der Waals surface area contributed by atoms with Crippen molar-refractivity contribution in [1.82, 2.24) is 0 Å². The number of rotatable bonds is 2. The number of halogens is 1. The van der Waals surface area contributed by atoms with E-state index in [9.17, 15) is 14.0 Å². The summed E-state index contributed by atoms with van der Waals surface area (Å²) in [7, 11) is 0. The zero-order chi connectivity index (χ0) is 21.5. The van der Waals surface area contributed by atoms with Crippen molar-refractivity contribution < 1.29 is 18.4 Å². The lowest BCUT2D eigenvalue weighted by Crippen LogP contribution is -2.42. The topological polar surface area (TPSA) is 62.6 Å². The van der Waals surface area contributed by atoms with E-state index in [1.807, 2.05) is 31.2 Å². The van der Waals surface area contributed by atoms with Crippen LogP contribution in [0.5, 0.6) is 0 Å². The highest BCUT2D eigenvalue weighted by molar-refractivity contribution is 6.09. The summed E-state index contributed by atoms with van der Waals surface area (Å²) < 4.78 is 19.2. The summed E-state index contributed by atoms with van der Waals surface area (Å²) in [6.45, 7) is 2.00. The number of carbonyl (C=O) groups is 2. The number of anilines is 2. The van der Waals surface area contributed by atoms with Crippen LogP contribution < -0.4 is 10.2 Å². The van der Waals surface area contributed by atoms with Crippen molar-refractivity contribution in [2.45, 2.75) is 19.4 Å². The Kier molecular flexibility index (Phi) is 4.70. The van der Waals surface area contributed by atoms with Crippen LogP contribution in [0.15, 0.2) is 83.1 Å². The number of Topliss-reactive ketones (excluding diaryl/α,β-unsaturated/α-hetero) is 1. The van der Waals surface area contributed by atoms with Gasteiger partial charge in [0.15, 0.2) is 0 Å². The van der Waals surface area contributed by atoms with Gasteiger partial charge in [0, 0.05) is 17.7 Å². The first-order valence-electron chi connectivity index (χ1n) is 10.3. The number of nitrogens with zero attached hydrogens (tertiary/aromatic N) is 1. The molecule has 5 rings (SSSR count). The zero-order valence-corrected chi connectivity index (χ0v) is 16.9. The maximum atomic E-state index is 13.8. The molecule has 0 saturated heterocycles. The summed E-state index contributed by atoms with van der Waals surface area (Å²) in [6, 6.07) is 15.7. The molecule has 6 heteroatoms. The van der Waals surface area contributed by atoms with Gasteiger partial charge < -0.3 is 9.73 Å². The molecule has 0 unspecified atom stereocenters. The Labute approximate surface area is 179 Å². The van der Waals surface area contributed by atoms with Crippen molar-refractivity contribution >= 4 is 23.1 Å². The van der Waals surface area contributed by atoms with Crippen molar-refractivity contribution in [3.63, 3.8) is 0 Å². The lowest BCUT2D eigenvalue weighted by molar-refractivity contribution is -0.123. The van der Waals surface area contributed by atoms with Gasteiger partial charge in [0.1, 0.15) is 23.4 Å². The highest BCUT2D eigenvalue weighted by atomic mass is 19.1. The largest absolute Gasteiger partial charge is 0.467 e. The molecule has 0 spiro atoms. The average Bonchev–Trinajstić information content (AvgIpc) is 3.23. The molecule has 2 aliphatic rings. The molecule has 2 heterocycles. The lowest BCUT2D eigenvalue weighted by atomic mass is 9.79. The lowest BCUT2D eigenvalue weighted by Gasteiger charge is -2.35. The molecular formula is C25H21FN2O3. The molecule has 1 aromatic heterocycles. The van der Waals surface area contributed by atoms with E-state index < -0.39 is 17.8 Å². The quantitative estimate of drug-likeness (QED) is 0.612. The van der Waals surface area contributed by atoms with E-state index >= 15 is 0 Å². The van der Waals surface area contributed by atoms with Gasteiger partial charge in [-0.05, 0) is 54.4 Å². The third-order valence-electron chi connectivity index (χ3n) is 5.85. The van der Waals surface area contributed by atoms with Gasteiger partial charge in [-0.25, -0.2) is 4.39 Å². The summed E-state index contributed by atoms with van der Waals surface area (Å²) in [6.07, 6.45) is 3.99. The van der Waals surface area contributed by atoms with Gasteiger partial charge in [0.05, 0.1) is 23.6 Å². The number of benzene rings is 2. The van der Waals surface area contributed by atoms with Crippen molar-refractivity contribution in [3.8, 4) is 0 Å². The number of ketones is 1. The number of carbonyl (C=O) groups excluding carboxylic acids is 2. The molecule has 0 radical (unpaired) electrons. The summed E-state index contributed by atoms with van der Waals surface area (Å²) in [4.78, 5) is 28.7. The van der Waals surface area contributed by atoms with Crippen LogP contribution in [0.3, 0.4) is 0 Å². The maximum Gasteiger partial charge on any atom is 0.259 e. The minimum atomic E-state index is -0.671. The molecule has 0 fully saturated rings. The minimum absolute atomic E-state index is 0.0450. The fourth-order valence-corrected chi connectivity index (χ4v) is 4.51. The SMILES string of the molecule is C[C@H]1C=C2Nc3ccccc3N(C(=O)c3ccc(F)cc3)[C@@H](c3ccco3)[C@H]2C(=O)C1. The fraction of sp³-hybridized carbons (Fsp3) is 0.200. The molecule has 5 nitrogen and oxygen atoms in total. The summed E-state index contributed by atoms with van der Waals surface area (Å²) >= 11 is 0. The Morgan fingerprint density at radius 3 is 2.61 bits per heavy atom. The summed E-state index contributed by atoms with van der Waals surface area (Å²) in [5.74, 6) is -0.687. The number of furan rings is 1. The van der Waals surface area contributed by atoms with E-state index in [-0.39, 0.29) is 17.6 Å². The van der Waals surface area contributed by atoms with Gasteiger partial charge in [0.25, 0.3) is 5.91 Å². The first-order chi connectivity index (χ1) is 15.0. The zero-order valence-electron chi connectivity index (χ0n) is 16.9. The molecule has 2 aromatic carbocycles. The Balaban J connectivity index is 1.74. The van der Waals surface area contributed by atoms with Gasteiger partial charge in [-0.1, -0.05) is 25.1 Å². The number of fused-ring (bicyclic) bond motifs is 2. The number of hydrogen-bond donors (Lipinski definition) is 1. The fourth-order valence-electron chi connectivity index (χ4n) is 4.51. The second-order valence-corrected chi connectivity index (χ2v) is 8.03. The molecule has 31 heavy (non-hydrogen) atoms. The number of amides is 1. The Morgan fingerprint density at radius 2 is 1.87 bits per heavy atom. The van der Waals surface area contributed by atoms with E-state index in [2.05, 4.69) is 11.4 Å². The van der Waals surface area contributed by atoms with E-state index in [0.717, 1.165) is 11.4 Å². The molecule has 3 aromatic rings. The third kappa shape index (κ3) is 3.34. The van der Waals surface area contributed by atoms with Crippen molar-refractivity contribution in [2.75, 3.05) is 10.2 Å². The average molecular weight is 416 g/mol. The number of hydrogen-bond acceptors (Lipinski definition) is 4. The predicted molar refractivity (Wildman–Crippen MR) is 115 cm³/mol. The van der Waals surface area contributed by atoms with Crippen LogP contribution in [0.25, 0.3) is 0 Å². The first kappa shape index (κ1) is 19.3. The molecule has 1 amide bonds. The van der Waals surface area contributed by atoms with E-state index in [4.69, 9.17) is 4.42 Å². The normalized spacial score (nSPS) is 22.6. The van der Waals surface area contributed by atoms with Gasteiger partial charge in [-0.15, -0.1) is 0 Å². The Morgan fingerprint density at radius 1 is 1.10 bits per heavy atom. The monoisotopic (exact) mass is 416 g/mol. The Hall–Kier alpha value is -3.67. The van der Waals surface area contributed by atoms with Crippen molar-refractivity contribution in [2.24, 2.45) is 11.8 Å². The van der Waals surface area contributed by atoms with Crippen LogP contribution in [0.1, 0.15) is 35.5 Å². The highest BCUT2D eigenvalue weighted by Crippen LogP contribution is 2.47. The van der Waals surface area contributed by atoms with Crippen LogP contribution in [0, 0.1) is 17.7 Å². The van der Waals surface area contributed by atoms with E-state index in [1.165, 1.54) is 24.3 Å². The second-order valence-electron chi connectivity index (χ2n) is 8.03. The number of allylic oxidation sites excluding steroid dienone is 1. The van der Waals surface area contributed by atoms with Crippen LogP contribution >= 0.6 is 0 Å². The van der Waals surface area contributed by atoms with Crippen molar-refractivity contribution in [3.05, 3.63) is 95.8 Å². The number of para-hydroxylation sites is 2. The molecule has 0 bridgehead atoms. The van der Waals surface area contributed by atoms with Gasteiger partial charge in [-0.3, -0.25) is 14.5 Å². The Bertz CT molecular complexity index is 1170. The summed E-state index contributed by atoms with van der Waals surface area (Å²) in [5.41, 5.74) is 2.46. The number of nitrogens with one attached hydrogen (secondary N) is 1. The van der Waals surface area contributed by atoms with Crippen LogP contribution in [-0.2, 0) is 4.79 Å². The first-order valence-corrected chi connectivity index (χ1v) is 10.3. The molecule has 3 atom stereocenters. The molecule has 1 N–H and O–H groups in total. The molecule has 156 valence electrons. The molecule has 1 aliphatic carbocycles. The van der Waals surface area contributed by atoms with Gasteiger partial charge in [-0.2, -0.15) is 0 Å².